The number of anilines is 4. The van der Waals surface area contributed by atoms with Gasteiger partial charge in [-0.1, -0.05) is 18.2 Å². The van der Waals surface area contributed by atoms with E-state index in [9.17, 15) is 0 Å². The molecule has 0 amide bonds. The highest BCUT2D eigenvalue weighted by atomic mass is 16.5. The highest BCUT2D eigenvalue weighted by molar-refractivity contribution is 5.69. The Morgan fingerprint density at radius 3 is 1.93 bits per heavy atom. The van der Waals surface area contributed by atoms with E-state index in [1.165, 1.54) is 0 Å². The molecule has 146 valence electrons. The topological polar surface area (TPSA) is 77.5 Å². The van der Waals surface area contributed by atoms with Crippen LogP contribution >= 0.6 is 0 Å². The van der Waals surface area contributed by atoms with E-state index in [2.05, 4.69) is 20.6 Å². The standard InChI is InChI=1S/C21H24N4O3/c1-13-8-6-7-9-16(13)25-20-12-19(22-14(2)23-20)24-15-10-17(26-3)21(28-5)18(11-15)27-4/h6-12H,1-5H3,(H2,22,23,24,25). The zero-order chi connectivity index (χ0) is 20.1. The summed E-state index contributed by atoms with van der Waals surface area (Å²) in [6.07, 6.45) is 0. The second-order valence-corrected chi connectivity index (χ2v) is 6.16. The van der Waals surface area contributed by atoms with Crippen LogP contribution in [-0.4, -0.2) is 31.3 Å². The van der Waals surface area contributed by atoms with Crippen molar-refractivity contribution >= 4 is 23.0 Å². The number of benzene rings is 2. The maximum atomic E-state index is 5.41. The Morgan fingerprint density at radius 2 is 1.36 bits per heavy atom. The zero-order valence-electron chi connectivity index (χ0n) is 16.7. The number of methoxy groups -OCH3 is 3. The van der Waals surface area contributed by atoms with Gasteiger partial charge in [-0.2, -0.15) is 0 Å². The molecule has 0 saturated heterocycles. The first-order valence-electron chi connectivity index (χ1n) is 8.79. The first-order valence-corrected chi connectivity index (χ1v) is 8.79. The summed E-state index contributed by atoms with van der Waals surface area (Å²) in [5, 5.41) is 6.62. The molecule has 0 unspecified atom stereocenters. The summed E-state index contributed by atoms with van der Waals surface area (Å²) >= 11 is 0. The van der Waals surface area contributed by atoms with Crippen molar-refractivity contribution in [2.24, 2.45) is 0 Å². The van der Waals surface area contributed by atoms with Crippen molar-refractivity contribution < 1.29 is 14.2 Å². The second-order valence-electron chi connectivity index (χ2n) is 6.16. The lowest BCUT2D eigenvalue weighted by atomic mass is 10.2. The van der Waals surface area contributed by atoms with Gasteiger partial charge in [0.2, 0.25) is 5.75 Å². The minimum Gasteiger partial charge on any atom is -0.493 e. The summed E-state index contributed by atoms with van der Waals surface area (Å²) in [6.45, 7) is 3.90. The SMILES string of the molecule is COc1cc(Nc2cc(Nc3ccccc3C)nc(C)n2)cc(OC)c1OC. The molecule has 2 N–H and O–H groups in total. The van der Waals surface area contributed by atoms with E-state index in [1.54, 1.807) is 21.3 Å². The second kappa shape index (κ2) is 8.47. The van der Waals surface area contributed by atoms with Crippen LogP contribution in [0, 0.1) is 13.8 Å². The van der Waals surface area contributed by atoms with Gasteiger partial charge >= 0.3 is 0 Å². The molecule has 0 spiro atoms. The van der Waals surface area contributed by atoms with Gasteiger partial charge in [-0.25, -0.2) is 9.97 Å². The average Bonchev–Trinajstić information content (AvgIpc) is 2.68. The third-order valence-corrected chi connectivity index (χ3v) is 4.18. The normalized spacial score (nSPS) is 10.3. The van der Waals surface area contributed by atoms with Crippen molar-refractivity contribution in [1.29, 1.82) is 0 Å². The Hall–Kier alpha value is -3.48. The van der Waals surface area contributed by atoms with Crippen molar-refractivity contribution in [3.05, 3.63) is 53.9 Å². The molecule has 1 heterocycles. The fourth-order valence-corrected chi connectivity index (χ4v) is 2.85. The molecule has 0 bridgehead atoms. The zero-order valence-corrected chi connectivity index (χ0v) is 16.7. The van der Waals surface area contributed by atoms with Crippen molar-refractivity contribution in [1.82, 2.24) is 9.97 Å². The molecule has 0 atom stereocenters. The minimum absolute atomic E-state index is 0.538. The Morgan fingerprint density at radius 1 is 0.750 bits per heavy atom. The van der Waals surface area contributed by atoms with E-state index in [1.807, 2.05) is 56.3 Å². The summed E-state index contributed by atoms with van der Waals surface area (Å²) in [6, 6.07) is 13.6. The van der Waals surface area contributed by atoms with Crippen LogP contribution in [0.1, 0.15) is 11.4 Å². The Kier molecular flexibility index (Phi) is 5.84. The Balaban J connectivity index is 1.91. The maximum absolute atomic E-state index is 5.41. The van der Waals surface area contributed by atoms with Crippen LogP contribution in [0.25, 0.3) is 0 Å². The molecule has 0 aliphatic heterocycles. The van der Waals surface area contributed by atoms with Gasteiger partial charge < -0.3 is 24.8 Å². The smallest absolute Gasteiger partial charge is 0.203 e. The van der Waals surface area contributed by atoms with Gasteiger partial charge in [-0.05, 0) is 25.5 Å². The van der Waals surface area contributed by atoms with Gasteiger partial charge in [0.05, 0.1) is 21.3 Å². The molecule has 0 radical (unpaired) electrons. The van der Waals surface area contributed by atoms with E-state index in [-0.39, 0.29) is 0 Å². The number of para-hydroxylation sites is 1. The first kappa shape index (κ1) is 19.3. The number of hydrogen-bond acceptors (Lipinski definition) is 7. The number of hydrogen-bond donors (Lipinski definition) is 2. The molecule has 0 saturated carbocycles. The van der Waals surface area contributed by atoms with Crippen LogP contribution in [0.4, 0.5) is 23.0 Å². The highest BCUT2D eigenvalue weighted by Gasteiger charge is 2.14. The first-order chi connectivity index (χ1) is 13.5. The molecule has 3 rings (SSSR count). The number of ether oxygens (including phenoxy) is 3. The molecule has 0 aliphatic rings. The lowest BCUT2D eigenvalue weighted by Crippen LogP contribution is -2.03. The van der Waals surface area contributed by atoms with E-state index in [0.717, 1.165) is 16.9 Å². The van der Waals surface area contributed by atoms with Crippen LogP contribution in [0.5, 0.6) is 17.2 Å². The average molecular weight is 380 g/mol. The highest BCUT2D eigenvalue weighted by Crippen LogP contribution is 2.40. The van der Waals surface area contributed by atoms with Crippen LogP contribution in [0.3, 0.4) is 0 Å². The molecule has 0 fully saturated rings. The van der Waals surface area contributed by atoms with Crippen LogP contribution in [-0.2, 0) is 0 Å². The van der Waals surface area contributed by atoms with Gasteiger partial charge in [0.25, 0.3) is 0 Å². The quantitative estimate of drug-likeness (QED) is 0.620. The van der Waals surface area contributed by atoms with Crippen LogP contribution < -0.4 is 24.8 Å². The summed E-state index contributed by atoms with van der Waals surface area (Å²) < 4.78 is 16.2. The number of nitrogens with zero attached hydrogens (tertiary/aromatic N) is 2. The van der Waals surface area contributed by atoms with E-state index < -0.39 is 0 Å². The molecule has 28 heavy (non-hydrogen) atoms. The van der Waals surface area contributed by atoms with Gasteiger partial charge in [-0.3, -0.25) is 0 Å². The molecular formula is C21H24N4O3. The lowest BCUT2D eigenvalue weighted by molar-refractivity contribution is 0.324. The molecule has 7 heteroatoms. The van der Waals surface area contributed by atoms with Crippen LogP contribution in [0.15, 0.2) is 42.5 Å². The molecule has 2 aromatic carbocycles. The fourth-order valence-electron chi connectivity index (χ4n) is 2.85. The summed E-state index contributed by atoms with van der Waals surface area (Å²) in [5.74, 6) is 3.67. The third kappa shape index (κ3) is 4.25. The van der Waals surface area contributed by atoms with Crippen molar-refractivity contribution in [3.63, 3.8) is 0 Å². The largest absolute Gasteiger partial charge is 0.493 e. The predicted octanol–water partition coefficient (Wildman–Crippen LogP) is 4.61. The third-order valence-electron chi connectivity index (χ3n) is 4.18. The number of aryl methyl sites for hydroxylation is 2. The van der Waals surface area contributed by atoms with Gasteiger partial charge in [0, 0.05) is 29.6 Å². The van der Waals surface area contributed by atoms with Crippen molar-refractivity contribution in [3.8, 4) is 17.2 Å². The fraction of sp³-hybridized carbons (Fsp3) is 0.238. The number of rotatable bonds is 7. The van der Waals surface area contributed by atoms with E-state index >= 15 is 0 Å². The summed E-state index contributed by atoms with van der Waals surface area (Å²) in [5.41, 5.74) is 2.90. The Bertz CT molecular complexity index is 951. The van der Waals surface area contributed by atoms with Crippen molar-refractivity contribution in [2.75, 3.05) is 32.0 Å². The molecule has 7 nitrogen and oxygen atoms in total. The Labute approximate surface area is 164 Å². The van der Waals surface area contributed by atoms with E-state index in [0.29, 0.717) is 34.7 Å². The van der Waals surface area contributed by atoms with Crippen molar-refractivity contribution in [2.45, 2.75) is 13.8 Å². The van der Waals surface area contributed by atoms with Gasteiger partial charge in [-0.15, -0.1) is 0 Å². The van der Waals surface area contributed by atoms with E-state index in [4.69, 9.17) is 14.2 Å². The summed E-state index contributed by atoms with van der Waals surface area (Å²) in [4.78, 5) is 8.95. The van der Waals surface area contributed by atoms with Gasteiger partial charge in [0.1, 0.15) is 17.5 Å². The van der Waals surface area contributed by atoms with Gasteiger partial charge in [0.15, 0.2) is 11.5 Å². The molecule has 3 aromatic rings. The molecular weight excluding hydrogens is 356 g/mol. The monoisotopic (exact) mass is 380 g/mol. The summed E-state index contributed by atoms with van der Waals surface area (Å²) in [7, 11) is 4.74. The number of aromatic nitrogens is 2. The minimum atomic E-state index is 0.538. The lowest BCUT2D eigenvalue weighted by Gasteiger charge is -2.15. The molecule has 1 aromatic heterocycles. The maximum Gasteiger partial charge on any atom is 0.203 e. The predicted molar refractivity (Wildman–Crippen MR) is 111 cm³/mol. The molecule has 0 aliphatic carbocycles. The van der Waals surface area contributed by atoms with Crippen LogP contribution in [0.2, 0.25) is 0 Å². The number of nitrogens with one attached hydrogen (secondary N) is 2.